The van der Waals surface area contributed by atoms with Crippen molar-refractivity contribution < 1.29 is 19.2 Å². The van der Waals surface area contributed by atoms with Gasteiger partial charge in [-0.25, -0.2) is 0 Å². The van der Waals surface area contributed by atoms with Crippen LogP contribution in [0.1, 0.15) is 18.9 Å². The van der Waals surface area contributed by atoms with E-state index in [0.717, 1.165) is 11.3 Å². The van der Waals surface area contributed by atoms with E-state index in [1.54, 1.807) is 0 Å². The second kappa shape index (κ2) is 8.68. The minimum Gasteiger partial charge on any atom is -0.495 e. The van der Waals surface area contributed by atoms with Gasteiger partial charge in [0.15, 0.2) is 0 Å². The Morgan fingerprint density at radius 1 is 1.20 bits per heavy atom. The van der Waals surface area contributed by atoms with Gasteiger partial charge in [0.05, 0.1) is 24.3 Å². The third-order valence-electron chi connectivity index (χ3n) is 3.54. The lowest BCUT2D eigenvalue weighted by Crippen LogP contribution is -2.13. The number of aryl methyl sites for hydroxylation is 1. The summed E-state index contributed by atoms with van der Waals surface area (Å²) in [7, 11) is 1.44. The standard InChI is InChI=1S/C18H20N2O5/c1-3-25-15-8-4-13(5-9-15)6-11-18(21)19-16-12-14(20(22)23)7-10-17(16)24-2/h4-5,7-10,12H,3,6,11H2,1-2H3,(H,19,21). The molecule has 0 aliphatic heterocycles. The molecule has 0 unspecified atom stereocenters. The number of nitro groups is 1. The zero-order chi connectivity index (χ0) is 18.2. The van der Waals surface area contributed by atoms with Crippen molar-refractivity contribution in [2.45, 2.75) is 19.8 Å². The number of methoxy groups -OCH3 is 1. The van der Waals surface area contributed by atoms with Gasteiger partial charge in [-0.3, -0.25) is 14.9 Å². The summed E-state index contributed by atoms with van der Waals surface area (Å²) in [5, 5.41) is 13.5. The fourth-order valence-electron chi connectivity index (χ4n) is 2.30. The van der Waals surface area contributed by atoms with Crippen LogP contribution in [-0.2, 0) is 11.2 Å². The molecule has 0 radical (unpaired) electrons. The summed E-state index contributed by atoms with van der Waals surface area (Å²) in [5.74, 6) is 0.921. The second-order valence-electron chi connectivity index (χ2n) is 5.27. The highest BCUT2D eigenvalue weighted by atomic mass is 16.6. The first kappa shape index (κ1) is 18.3. The number of carbonyl (C=O) groups is 1. The van der Waals surface area contributed by atoms with Crippen LogP contribution in [0.3, 0.4) is 0 Å². The van der Waals surface area contributed by atoms with Crippen molar-refractivity contribution in [1.29, 1.82) is 0 Å². The topological polar surface area (TPSA) is 90.7 Å². The summed E-state index contributed by atoms with van der Waals surface area (Å²) in [5.41, 5.74) is 1.18. The molecule has 1 amide bonds. The molecule has 7 nitrogen and oxygen atoms in total. The molecular weight excluding hydrogens is 324 g/mol. The lowest BCUT2D eigenvalue weighted by Gasteiger charge is -2.10. The van der Waals surface area contributed by atoms with E-state index in [-0.39, 0.29) is 23.7 Å². The van der Waals surface area contributed by atoms with E-state index in [1.165, 1.54) is 25.3 Å². The van der Waals surface area contributed by atoms with Crippen LogP contribution in [0.2, 0.25) is 0 Å². The molecule has 0 saturated carbocycles. The molecular formula is C18H20N2O5. The van der Waals surface area contributed by atoms with Crippen LogP contribution in [-0.4, -0.2) is 24.5 Å². The molecule has 0 atom stereocenters. The van der Waals surface area contributed by atoms with Crippen LogP contribution < -0.4 is 14.8 Å². The number of hydrogen-bond acceptors (Lipinski definition) is 5. The first-order chi connectivity index (χ1) is 12.0. The summed E-state index contributed by atoms with van der Waals surface area (Å²) in [6.07, 6.45) is 0.801. The Kier molecular flexibility index (Phi) is 6.33. The minimum absolute atomic E-state index is 0.109. The number of anilines is 1. The Morgan fingerprint density at radius 3 is 2.52 bits per heavy atom. The van der Waals surface area contributed by atoms with Crippen molar-refractivity contribution in [2.75, 3.05) is 19.0 Å². The monoisotopic (exact) mass is 344 g/mol. The lowest BCUT2D eigenvalue weighted by atomic mass is 10.1. The normalized spacial score (nSPS) is 10.2. The van der Waals surface area contributed by atoms with E-state index in [1.807, 2.05) is 31.2 Å². The van der Waals surface area contributed by atoms with Crippen molar-refractivity contribution in [3.8, 4) is 11.5 Å². The van der Waals surface area contributed by atoms with Crippen LogP contribution in [0.25, 0.3) is 0 Å². The molecule has 0 fully saturated rings. The van der Waals surface area contributed by atoms with E-state index < -0.39 is 4.92 Å². The summed E-state index contributed by atoms with van der Waals surface area (Å²) in [6, 6.07) is 11.6. The molecule has 7 heteroatoms. The highest BCUT2D eigenvalue weighted by Gasteiger charge is 2.13. The van der Waals surface area contributed by atoms with Crippen LogP contribution in [0, 0.1) is 10.1 Å². The molecule has 0 aliphatic carbocycles. The maximum absolute atomic E-state index is 12.1. The van der Waals surface area contributed by atoms with Crippen LogP contribution >= 0.6 is 0 Å². The molecule has 2 aromatic rings. The summed E-state index contributed by atoms with van der Waals surface area (Å²) >= 11 is 0. The molecule has 0 aromatic heterocycles. The van der Waals surface area contributed by atoms with Gasteiger partial charge in [0, 0.05) is 18.6 Å². The van der Waals surface area contributed by atoms with Crippen molar-refractivity contribution >= 4 is 17.3 Å². The Labute approximate surface area is 145 Å². The van der Waals surface area contributed by atoms with Gasteiger partial charge in [0.1, 0.15) is 11.5 Å². The molecule has 0 aliphatic rings. The molecule has 0 spiro atoms. The molecule has 2 rings (SSSR count). The van der Waals surface area contributed by atoms with Gasteiger partial charge < -0.3 is 14.8 Å². The SMILES string of the molecule is CCOc1ccc(CCC(=O)Nc2cc([N+](=O)[O-])ccc2OC)cc1. The molecule has 0 heterocycles. The minimum atomic E-state index is -0.519. The number of benzene rings is 2. The van der Waals surface area contributed by atoms with Gasteiger partial charge in [-0.2, -0.15) is 0 Å². The molecule has 1 N–H and O–H groups in total. The maximum atomic E-state index is 12.1. The third-order valence-corrected chi connectivity index (χ3v) is 3.54. The number of carbonyl (C=O) groups excluding carboxylic acids is 1. The number of hydrogen-bond donors (Lipinski definition) is 1. The highest BCUT2D eigenvalue weighted by Crippen LogP contribution is 2.29. The number of nitro benzene ring substituents is 1. The number of nitrogens with one attached hydrogen (secondary N) is 1. The fourth-order valence-corrected chi connectivity index (χ4v) is 2.30. The van der Waals surface area contributed by atoms with Crippen molar-refractivity contribution in [3.05, 3.63) is 58.1 Å². The number of rotatable bonds is 8. The van der Waals surface area contributed by atoms with Gasteiger partial charge in [-0.1, -0.05) is 12.1 Å². The predicted molar refractivity (Wildman–Crippen MR) is 94.2 cm³/mol. The zero-order valence-electron chi connectivity index (χ0n) is 14.2. The maximum Gasteiger partial charge on any atom is 0.271 e. The Hall–Kier alpha value is -3.09. The van der Waals surface area contributed by atoms with Crippen molar-refractivity contribution in [1.82, 2.24) is 0 Å². The molecule has 132 valence electrons. The average molecular weight is 344 g/mol. The predicted octanol–water partition coefficient (Wildman–Crippen LogP) is 3.57. The van der Waals surface area contributed by atoms with Crippen molar-refractivity contribution in [3.63, 3.8) is 0 Å². The first-order valence-corrected chi connectivity index (χ1v) is 7.87. The fraction of sp³-hybridized carbons (Fsp3) is 0.278. The first-order valence-electron chi connectivity index (χ1n) is 7.87. The second-order valence-corrected chi connectivity index (χ2v) is 5.27. The molecule has 0 saturated heterocycles. The van der Waals surface area contributed by atoms with Crippen LogP contribution in [0.5, 0.6) is 11.5 Å². The van der Waals surface area contributed by atoms with E-state index in [9.17, 15) is 14.9 Å². The summed E-state index contributed by atoms with van der Waals surface area (Å²) in [6.45, 7) is 2.52. The van der Waals surface area contributed by atoms with E-state index >= 15 is 0 Å². The Balaban J connectivity index is 1.97. The van der Waals surface area contributed by atoms with Gasteiger partial charge in [0.25, 0.3) is 5.69 Å². The number of non-ortho nitro benzene ring substituents is 1. The van der Waals surface area contributed by atoms with E-state index in [0.29, 0.717) is 18.8 Å². The quantitative estimate of drug-likeness (QED) is 0.584. The number of nitrogens with zero attached hydrogens (tertiary/aromatic N) is 1. The Morgan fingerprint density at radius 2 is 1.92 bits per heavy atom. The van der Waals surface area contributed by atoms with Crippen LogP contribution in [0.15, 0.2) is 42.5 Å². The third kappa shape index (κ3) is 5.20. The number of amides is 1. The average Bonchev–Trinajstić information content (AvgIpc) is 2.61. The summed E-state index contributed by atoms with van der Waals surface area (Å²) in [4.78, 5) is 22.5. The molecule has 2 aromatic carbocycles. The highest BCUT2D eigenvalue weighted by molar-refractivity contribution is 5.92. The van der Waals surface area contributed by atoms with Crippen molar-refractivity contribution in [2.24, 2.45) is 0 Å². The smallest absolute Gasteiger partial charge is 0.271 e. The summed E-state index contributed by atoms with van der Waals surface area (Å²) < 4.78 is 10.5. The van der Waals surface area contributed by atoms with Gasteiger partial charge in [-0.15, -0.1) is 0 Å². The largest absolute Gasteiger partial charge is 0.495 e. The Bertz CT molecular complexity index is 744. The lowest BCUT2D eigenvalue weighted by molar-refractivity contribution is -0.384. The van der Waals surface area contributed by atoms with E-state index in [2.05, 4.69) is 5.32 Å². The number of ether oxygens (including phenoxy) is 2. The van der Waals surface area contributed by atoms with Gasteiger partial charge >= 0.3 is 0 Å². The van der Waals surface area contributed by atoms with Gasteiger partial charge in [-0.05, 0) is 37.1 Å². The van der Waals surface area contributed by atoms with E-state index in [4.69, 9.17) is 9.47 Å². The molecule has 0 bridgehead atoms. The van der Waals surface area contributed by atoms with Crippen LogP contribution in [0.4, 0.5) is 11.4 Å². The molecule has 25 heavy (non-hydrogen) atoms. The van der Waals surface area contributed by atoms with Gasteiger partial charge in [0.2, 0.25) is 5.91 Å². The zero-order valence-corrected chi connectivity index (χ0v) is 14.2.